The number of nitrogens with zero attached hydrogens (tertiary/aromatic N) is 1. The van der Waals surface area contributed by atoms with E-state index in [1.165, 1.54) is 16.6 Å². The number of rotatable bonds is 4. The van der Waals surface area contributed by atoms with Gasteiger partial charge in [0.05, 0.1) is 5.52 Å². The third kappa shape index (κ3) is 2.69. The maximum Gasteiger partial charge on any atom is 0.138 e. The van der Waals surface area contributed by atoms with Gasteiger partial charge >= 0.3 is 0 Å². The molecule has 104 valence electrons. The molecule has 2 heteroatoms. The number of fused-ring (bicyclic) bond motifs is 1. The number of hydrogen-bond donors (Lipinski definition) is 0. The Balaban J connectivity index is 2.64. The Labute approximate surface area is 116 Å². The summed E-state index contributed by atoms with van der Waals surface area (Å²) in [6.07, 6.45) is 2.30. The van der Waals surface area contributed by atoms with Gasteiger partial charge in [0.25, 0.3) is 0 Å². The molecule has 0 aliphatic carbocycles. The summed E-state index contributed by atoms with van der Waals surface area (Å²) in [6.45, 7) is 8.91. The number of aromatic nitrogens is 1. The lowest BCUT2D eigenvalue weighted by atomic mass is 9.93. The summed E-state index contributed by atoms with van der Waals surface area (Å²) < 4.78 is 8.19. The Kier molecular flexibility index (Phi) is 4.00. The Morgan fingerprint density at radius 1 is 1.21 bits per heavy atom. The van der Waals surface area contributed by atoms with Gasteiger partial charge < -0.3 is 9.30 Å². The molecule has 0 bridgehead atoms. The van der Waals surface area contributed by atoms with Gasteiger partial charge in [0.15, 0.2) is 0 Å². The first-order valence-corrected chi connectivity index (χ1v) is 7.10. The molecular formula is C17H25NO. The topological polar surface area (TPSA) is 14.2 Å². The normalized spacial score (nSPS) is 13.9. The zero-order valence-corrected chi connectivity index (χ0v) is 12.7. The van der Waals surface area contributed by atoms with Crippen molar-refractivity contribution in [3.8, 4) is 0 Å². The molecule has 0 fully saturated rings. The van der Waals surface area contributed by atoms with E-state index in [0.29, 0.717) is 0 Å². The van der Waals surface area contributed by atoms with E-state index in [4.69, 9.17) is 4.74 Å². The summed E-state index contributed by atoms with van der Waals surface area (Å²) in [5.41, 5.74) is 2.71. The number of para-hydroxylation sites is 1. The van der Waals surface area contributed by atoms with Gasteiger partial charge in [0, 0.05) is 18.2 Å². The van der Waals surface area contributed by atoms with Gasteiger partial charge in [-0.2, -0.15) is 0 Å². The van der Waals surface area contributed by atoms with Crippen LogP contribution in [0.25, 0.3) is 10.9 Å². The summed E-state index contributed by atoms with van der Waals surface area (Å²) in [5.74, 6) is 0. The maximum atomic E-state index is 5.82. The number of aryl methyl sites for hydroxylation is 1. The van der Waals surface area contributed by atoms with Crippen LogP contribution in [0.1, 0.15) is 46.0 Å². The van der Waals surface area contributed by atoms with Gasteiger partial charge in [0.2, 0.25) is 0 Å². The predicted molar refractivity (Wildman–Crippen MR) is 81.4 cm³/mol. The summed E-state index contributed by atoms with van der Waals surface area (Å²) >= 11 is 0. The molecule has 1 aromatic heterocycles. The molecule has 1 unspecified atom stereocenters. The standard InChI is InChI=1S/C17H25NO/c1-6-9-14-12-13-10-7-8-11-15(13)18(14)16(19-5)17(2,3)4/h7-8,10-12,16H,6,9H2,1-5H3. The molecule has 2 rings (SSSR count). The van der Waals surface area contributed by atoms with Crippen LogP contribution in [0, 0.1) is 5.41 Å². The molecule has 0 amide bonds. The summed E-state index contributed by atoms with van der Waals surface area (Å²) in [6, 6.07) is 10.9. The zero-order valence-electron chi connectivity index (χ0n) is 12.7. The second-order valence-electron chi connectivity index (χ2n) is 6.27. The minimum absolute atomic E-state index is 0.0638. The summed E-state index contributed by atoms with van der Waals surface area (Å²) in [7, 11) is 1.81. The van der Waals surface area contributed by atoms with Crippen molar-refractivity contribution in [1.82, 2.24) is 4.57 Å². The fourth-order valence-corrected chi connectivity index (χ4v) is 2.80. The fourth-order valence-electron chi connectivity index (χ4n) is 2.80. The van der Waals surface area contributed by atoms with Crippen molar-refractivity contribution in [2.45, 2.75) is 46.8 Å². The molecule has 1 heterocycles. The Morgan fingerprint density at radius 2 is 1.89 bits per heavy atom. The van der Waals surface area contributed by atoms with E-state index in [0.717, 1.165) is 12.8 Å². The van der Waals surface area contributed by atoms with Crippen molar-refractivity contribution in [3.05, 3.63) is 36.0 Å². The van der Waals surface area contributed by atoms with Gasteiger partial charge in [-0.25, -0.2) is 0 Å². The Morgan fingerprint density at radius 3 is 2.47 bits per heavy atom. The summed E-state index contributed by atoms with van der Waals surface area (Å²) in [5, 5.41) is 1.30. The highest BCUT2D eigenvalue weighted by Gasteiger charge is 2.28. The smallest absolute Gasteiger partial charge is 0.138 e. The molecule has 1 atom stereocenters. The first-order chi connectivity index (χ1) is 8.99. The highest BCUT2D eigenvalue weighted by atomic mass is 16.5. The molecule has 0 aliphatic rings. The lowest BCUT2D eigenvalue weighted by Gasteiger charge is -2.32. The van der Waals surface area contributed by atoms with E-state index in [-0.39, 0.29) is 11.6 Å². The highest BCUT2D eigenvalue weighted by molar-refractivity contribution is 5.81. The van der Waals surface area contributed by atoms with Crippen LogP contribution in [0.5, 0.6) is 0 Å². The minimum atomic E-state index is 0.0638. The summed E-state index contributed by atoms with van der Waals surface area (Å²) in [4.78, 5) is 0. The number of methoxy groups -OCH3 is 1. The fraction of sp³-hybridized carbons (Fsp3) is 0.529. The largest absolute Gasteiger partial charge is 0.361 e. The van der Waals surface area contributed by atoms with E-state index in [1.54, 1.807) is 7.11 Å². The predicted octanol–water partition coefficient (Wildman–Crippen LogP) is 4.78. The van der Waals surface area contributed by atoms with Crippen LogP contribution in [0.3, 0.4) is 0 Å². The SMILES string of the molecule is CCCc1cc2ccccc2n1C(OC)C(C)(C)C. The van der Waals surface area contributed by atoms with Crippen LogP contribution in [0.15, 0.2) is 30.3 Å². The third-order valence-electron chi connectivity index (χ3n) is 3.53. The molecule has 2 aromatic rings. The van der Waals surface area contributed by atoms with Gasteiger partial charge in [-0.1, -0.05) is 52.3 Å². The maximum absolute atomic E-state index is 5.82. The third-order valence-corrected chi connectivity index (χ3v) is 3.53. The average Bonchev–Trinajstić information content (AvgIpc) is 2.68. The molecule has 0 spiro atoms. The molecule has 2 nitrogen and oxygen atoms in total. The molecule has 1 aromatic carbocycles. The second kappa shape index (κ2) is 5.38. The lowest BCUT2D eigenvalue weighted by Crippen LogP contribution is -2.27. The van der Waals surface area contributed by atoms with Crippen LogP contribution in [-0.4, -0.2) is 11.7 Å². The van der Waals surface area contributed by atoms with Crippen LogP contribution in [-0.2, 0) is 11.2 Å². The molecule has 0 saturated heterocycles. The minimum Gasteiger partial charge on any atom is -0.361 e. The van der Waals surface area contributed by atoms with E-state index in [9.17, 15) is 0 Å². The monoisotopic (exact) mass is 259 g/mol. The van der Waals surface area contributed by atoms with Gasteiger partial charge in [-0.15, -0.1) is 0 Å². The average molecular weight is 259 g/mol. The number of ether oxygens (including phenoxy) is 1. The molecule has 0 saturated carbocycles. The van der Waals surface area contributed by atoms with Crippen LogP contribution >= 0.6 is 0 Å². The van der Waals surface area contributed by atoms with Gasteiger partial charge in [0.1, 0.15) is 6.23 Å². The zero-order chi connectivity index (χ0) is 14.0. The highest BCUT2D eigenvalue weighted by Crippen LogP contribution is 2.36. The molecule has 19 heavy (non-hydrogen) atoms. The van der Waals surface area contributed by atoms with Crippen molar-refractivity contribution in [2.75, 3.05) is 7.11 Å². The molecule has 0 N–H and O–H groups in total. The van der Waals surface area contributed by atoms with E-state index in [2.05, 4.69) is 62.6 Å². The molecule has 0 radical (unpaired) electrons. The molecule has 0 aliphatic heterocycles. The number of benzene rings is 1. The van der Waals surface area contributed by atoms with E-state index >= 15 is 0 Å². The second-order valence-corrected chi connectivity index (χ2v) is 6.27. The lowest BCUT2D eigenvalue weighted by molar-refractivity contribution is -0.0382. The van der Waals surface area contributed by atoms with Crippen molar-refractivity contribution < 1.29 is 4.74 Å². The van der Waals surface area contributed by atoms with E-state index in [1.807, 2.05) is 0 Å². The number of hydrogen-bond acceptors (Lipinski definition) is 1. The first kappa shape index (κ1) is 14.1. The van der Waals surface area contributed by atoms with Crippen LogP contribution < -0.4 is 0 Å². The van der Waals surface area contributed by atoms with Crippen molar-refractivity contribution in [1.29, 1.82) is 0 Å². The van der Waals surface area contributed by atoms with Crippen molar-refractivity contribution >= 4 is 10.9 Å². The van der Waals surface area contributed by atoms with Gasteiger partial charge in [-0.05, 0) is 23.9 Å². The van der Waals surface area contributed by atoms with E-state index < -0.39 is 0 Å². The van der Waals surface area contributed by atoms with Crippen molar-refractivity contribution in [3.63, 3.8) is 0 Å². The van der Waals surface area contributed by atoms with Gasteiger partial charge in [-0.3, -0.25) is 0 Å². The van der Waals surface area contributed by atoms with Crippen LogP contribution in [0.2, 0.25) is 0 Å². The quantitative estimate of drug-likeness (QED) is 0.770. The first-order valence-electron chi connectivity index (χ1n) is 7.10. The van der Waals surface area contributed by atoms with Crippen molar-refractivity contribution in [2.24, 2.45) is 5.41 Å². The Bertz CT molecular complexity index is 548. The molecular weight excluding hydrogens is 234 g/mol. The Hall–Kier alpha value is -1.28. The van der Waals surface area contributed by atoms with Crippen LogP contribution in [0.4, 0.5) is 0 Å².